The fourth-order valence-electron chi connectivity index (χ4n) is 5.46. The van der Waals surface area contributed by atoms with E-state index >= 15 is 0 Å². The second kappa shape index (κ2) is 24.0. The molecular formula is C35H50N4O11. The molecule has 0 radical (unpaired) electrons. The van der Waals surface area contributed by atoms with Crippen LogP contribution in [0.5, 0.6) is 0 Å². The maximum absolute atomic E-state index is 12.1. The molecule has 3 atom stereocenters. The van der Waals surface area contributed by atoms with Crippen LogP contribution in [0.15, 0.2) is 30.3 Å². The predicted octanol–water partition coefficient (Wildman–Crippen LogP) is 0.653. The summed E-state index contributed by atoms with van der Waals surface area (Å²) in [6.45, 7) is 2.66. The second-order valence-electron chi connectivity index (χ2n) is 11.8. The van der Waals surface area contributed by atoms with E-state index in [0.717, 1.165) is 31.2 Å². The molecule has 0 spiro atoms. The van der Waals surface area contributed by atoms with Gasteiger partial charge in [-0.05, 0) is 36.2 Å². The van der Waals surface area contributed by atoms with Gasteiger partial charge in [-0.3, -0.25) is 14.4 Å². The standard InChI is InChI=1S/C35H50N4O11/c40-31(37-23-32(41)38-24-33(42)39-30(34(43)44)22-26-8-4-3-5-9-26)12-14-46-16-18-48-20-21-49-19-17-47-15-13-36-35(45)50-25-29-27-10-6-1-2-7-11-28(27)29/h3-5,8-9,27-30H,6-7,10-25H2,(H,36,45)(H,37,40)(H,38,41)(H,39,42)(H,43,44)/t27?,28?,29?,30-/m0/s1. The maximum atomic E-state index is 12.1. The number of alkyl carbamates (subject to hydrolysis) is 1. The molecule has 1 fully saturated rings. The lowest BCUT2D eigenvalue weighted by Gasteiger charge is -2.15. The fourth-order valence-corrected chi connectivity index (χ4v) is 5.46. The van der Waals surface area contributed by atoms with Crippen LogP contribution < -0.4 is 21.3 Å². The predicted molar refractivity (Wildman–Crippen MR) is 180 cm³/mol. The third-order valence-electron chi connectivity index (χ3n) is 8.16. The van der Waals surface area contributed by atoms with E-state index in [1.165, 1.54) is 0 Å². The van der Waals surface area contributed by atoms with Gasteiger partial charge in [0, 0.05) is 32.2 Å². The number of hydrogen-bond donors (Lipinski definition) is 5. The van der Waals surface area contributed by atoms with E-state index in [1.54, 1.807) is 30.3 Å². The van der Waals surface area contributed by atoms with Gasteiger partial charge in [0.05, 0.1) is 72.6 Å². The largest absolute Gasteiger partial charge is 0.480 e. The molecule has 1 aromatic carbocycles. The van der Waals surface area contributed by atoms with Gasteiger partial charge in [0.15, 0.2) is 0 Å². The minimum atomic E-state index is -1.19. The minimum Gasteiger partial charge on any atom is -0.480 e. The number of ether oxygens (including phenoxy) is 5. The molecule has 1 aromatic rings. The van der Waals surface area contributed by atoms with Crippen molar-refractivity contribution in [3.63, 3.8) is 0 Å². The van der Waals surface area contributed by atoms with Crippen LogP contribution in [0, 0.1) is 29.6 Å². The highest BCUT2D eigenvalue weighted by Crippen LogP contribution is 2.52. The summed E-state index contributed by atoms with van der Waals surface area (Å²) in [6.07, 6.45) is 3.80. The van der Waals surface area contributed by atoms with Gasteiger partial charge in [-0.25, -0.2) is 9.59 Å². The number of amides is 4. The summed E-state index contributed by atoms with van der Waals surface area (Å²) in [5, 5.41) is 19.2. The molecule has 0 heterocycles. The first-order chi connectivity index (χ1) is 24.3. The molecule has 2 aliphatic rings. The molecular weight excluding hydrogens is 652 g/mol. The number of carbonyl (C=O) groups excluding carboxylic acids is 4. The van der Waals surface area contributed by atoms with E-state index in [9.17, 15) is 29.1 Å². The van der Waals surface area contributed by atoms with Crippen LogP contribution in [0.2, 0.25) is 0 Å². The number of fused-ring (bicyclic) bond motifs is 1. The zero-order valence-electron chi connectivity index (χ0n) is 28.5. The number of benzene rings is 1. The van der Waals surface area contributed by atoms with Crippen molar-refractivity contribution in [2.24, 2.45) is 17.8 Å². The third-order valence-corrected chi connectivity index (χ3v) is 8.16. The normalized spacial score (nSPS) is 18.1. The van der Waals surface area contributed by atoms with E-state index in [1.807, 2.05) is 0 Å². The summed E-state index contributed by atoms with van der Waals surface area (Å²) in [7, 11) is 0. The molecule has 1 saturated carbocycles. The first-order valence-electron chi connectivity index (χ1n) is 17.1. The lowest BCUT2D eigenvalue weighted by Crippen LogP contribution is -2.47. The SMILES string of the molecule is O=C(CCOCCOCCOCCOCCNC(=O)OCC1C2CCC#CCCC21)NCC(=O)NCC(=O)N[C@@H](Cc1ccccc1)C(=O)O. The number of aliphatic carboxylic acids is 1. The van der Waals surface area contributed by atoms with E-state index in [4.69, 9.17) is 23.7 Å². The average molecular weight is 703 g/mol. The Balaban J connectivity index is 1.04. The highest BCUT2D eigenvalue weighted by Gasteiger charge is 2.49. The molecule has 3 rings (SSSR count). The Morgan fingerprint density at radius 3 is 1.90 bits per heavy atom. The molecule has 2 aliphatic carbocycles. The number of nitrogens with one attached hydrogen (secondary N) is 4. The summed E-state index contributed by atoms with van der Waals surface area (Å²) in [4.78, 5) is 59.4. The Morgan fingerprint density at radius 1 is 0.720 bits per heavy atom. The zero-order valence-corrected chi connectivity index (χ0v) is 28.5. The van der Waals surface area contributed by atoms with Gasteiger partial charge in [0.25, 0.3) is 0 Å². The summed E-state index contributed by atoms with van der Waals surface area (Å²) in [5.74, 6) is 5.27. The summed E-state index contributed by atoms with van der Waals surface area (Å²) < 4.78 is 27.0. The number of hydrogen-bond acceptors (Lipinski definition) is 10. The maximum Gasteiger partial charge on any atom is 0.407 e. The van der Waals surface area contributed by atoms with Gasteiger partial charge in [-0.15, -0.1) is 11.8 Å². The van der Waals surface area contributed by atoms with Crippen molar-refractivity contribution in [3.05, 3.63) is 35.9 Å². The van der Waals surface area contributed by atoms with Gasteiger partial charge < -0.3 is 50.1 Å². The molecule has 15 nitrogen and oxygen atoms in total. The Labute approximate surface area is 292 Å². The molecule has 4 amide bonds. The van der Waals surface area contributed by atoms with E-state index in [2.05, 4.69) is 33.1 Å². The van der Waals surface area contributed by atoms with Gasteiger partial charge in [0.1, 0.15) is 6.04 Å². The molecule has 0 saturated heterocycles. The Bertz CT molecular complexity index is 1250. The molecule has 2 unspecified atom stereocenters. The van der Waals surface area contributed by atoms with Crippen molar-refractivity contribution >= 4 is 29.8 Å². The summed E-state index contributed by atoms with van der Waals surface area (Å²) in [5.41, 5.74) is 0.747. The van der Waals surface area contributed by atoms with Crippen molar-refractivity contribution in [3.8, 4) is 11.8 Å². The Hall–Kier alpha value is -4.23. The van der Waals surface area contributed by atoms with Crippen LogP contribution in [-0.4, -0.2) is 120 Å². The van der Waals surface area contributed by atoms with E-state index < -0.39 is 42.4 Å². The van der Waals surface area contributed by atoms with Gasteiger partial charge >= 0.3 is 12.1 Å². The number of rotatable bonds is 25. The summed E-state index contributed by atoms with van der Waals surface area (Å²) in [6, 6.07) is 7.71. The molecule has 0 aromatic heterocycles. The number of carbonyl (C=O) groups is 5. The Kier molecular flexibility index (Phi) is 19.3. The molecule has 5 N–H and O–H groups in total. The molecule has 50 heavy (non-hydrogen) atoms. The van der Waals surface area contributed by atoms with Crippen LogP contribution in [0.4, 0.5) is 4.79 Å². The van der Waals surface area contributed by atoms with Crippen molar-refractivity contribution < 1.29 is 52.8 Å². The third kappa shape index (κ3) is 17.4. The monoisotopic (exact) mass is 702 g/mol. The minimum absolute atomic E-state index is 0.0326. The first kappa shape index (κ1) is 40.2. The van der Waals surface area contributed by atoms with E-state index in [-0.39, 0.29) is 32.6 Å². The van der Waals surface area contributed by atoms with E-state index in [0.29, 0.717) is 70.5 Å². The quantitative estimate of drug-likeness (QED) is 0.0708. The summed E-state index contributed by atoms with van der Waals surface area (Å²) >= 11 is 0. The topological polar surface area (TPSA) is 200 Å². The molecule has 0 bridgehead atoms. The lowest BCUT2D eigenvalue weighted by atomic mass is 10.1. The van der Waals surface area contributed by atoms with Crippen molar-refractivity contribution in [1.82, 2.24) is 21.3 Å². The highest BCUT2D eigenvalue weighted by atomic mass is 16.6. The zero-order chi connectivity index (χ0) is 35.8. The smallest absolute Gasteiger partial charge is 0.407 e. The lowest BCUT2D eigenvalue weighted by molar-refractivity contribution is -0.141. The van der Waals surface area contributed by atoms with Crippen LogP contribution >= 0.6 is 0 Å². The van der Waals surface area contributed by atoms with Crippen molar-refractivity contribution in [2.75, 3.05) is 79.1 Å². The molecule has 276 valence electrons. The number of carboxylic acid groups (broad SMARTS) is 1. The fraction of sp³-hybridized carbons (Fsp3) is 0.629. The van der Waals surface area contributed by atoms with Gasteiger partial charge in [0.2, 0.25) is 17.7 Å². The second-order valence-corrected chi connectivity index (χ2v) is 11.8. The van der Waals surface area contributed by atoms with Crippen molar-refractivity contribution in [1.29, 1.82) is 0 Å². The molecule has 15 heteroatoms. The van der Waals surface area contributed by atoms with Crippen LogP contribution in [0.3, 0.4) is 0 Å². The Morgan fingerprint density at radius 2 is 1.28 bits per heavy atom. The first-order valence-corrected chi connectivity index (χ1v) is 17.1. The van der Waals surface area contributed by atoms with Crippen LogP contribution in [0.25, 0.3) is 0 Å². The average Bonchev–Trinajstić information content (AvgIpc) is 3.75. The number of carboxylic acids is 1. The van der Waals surface area contributed by atoms with Crippen molar-refractivity contribution in [2.45, 2.75) is 44.6 Å². The highest BCUT2D eigenvalue weighted by molar-refractivity contribution is 5.89. The van der Waals surface area contributed by atoms with Crippen LogP contribution in [0.1, 0.15) is 37.7 Å². The van der Waals surface area contributed by atoms with Crippen LogP contribution in [-0.2, 0) is 49.3 Å². The van der Waals surface area contributed by atoms with Gasteiger partial charge in [-0.1, -0.05) is 30.3 Å². The van der Waals surface area contributed by atoms with Gasteiger partial charge in [-0.2, -0.15) is 0 Å². The molecule has 0 aliphatic heterocycles.